The summed E-state index contributed by atoms with van der Waals surface area (Å²) in [6.07, 6.45) is 3.93. The molecule has 0 spiro atoms. The summed E-state index contributed by atoms with van der Waals surface area (Å²) in [5.41, 5.74) is 8.59. The van der Waals surface area contributed by atoms with Gasteiger partial charge in [0.1, 0.15) is 11.6 Å². The third-order valence-corrected chi connectivity index (χ3v) is 7.05. The minimum Gasteiger partial charge on any atom is -0.394 e. The van der Waals surface area contributed by atoms with E-state index in [9.17, 15) is 0 Å². The van der Waals surface area contributed by atoms with Gasteiger partial charge in [0.05, 0.1) is 19.8 Å². The molecular weight excluding hydrogens is 468 g/mol. The Bertz CT molecular complexity index is 915. The number of benzene rings is 1. The second kappa shape index (κ2) is 15.0. The van der Waals surface area contributed by atoms with Crippen molar-refractivity contribution in [2.24, 2.45) is 0 Å². The molecule has 2 aromatic rings. The molecule has 1 aromatic heterocycles. The van der Waals surface area contributed by atoms with Crippen LogP contribution in [0.15, 0.2) is 30.3 Å². The molecule has 0 saturated carbocycles. The average Bonchev–Trinajstić information content (AvgIpc) is 3.44. The van der Waals surface area contributed by atoms with Gasteiger partial charge in [0.2, 0.25) is 5.95 Å². The number of nitrogens with one attached hydrogen (secondary N) is 2. The first kappa shape index (κ1) is 27.5. The second-order valence-corrected chi connectivity index (χ2v) is 9.89. The van der Waals surface area contributed by atoms with Crippen molar-refractivity contribution in [1.82, 2.24) is 25.1 Å². The predicted octanol–water partition coefficient (Wildman–Crippen LogP) is 1.38. The molecule has 0 atom stereocenters. The van der Waals surface area contributed by atoms with E-state index in [1.807, 2.05) is 6.07 Å². The third kappa shape index (κ3) is 9.39. The molecule has 5 N–H and O–H groups in total. The first-order valence-corrected chi connectivity index (χ1v) is 13.7. The average molecular weight is 513 g/mol. The van der Waals surface area contributed by atoms with Crippen LogP contribution in [-0.2, 0) is 17.8 Å². The van der Waals surface area contributed by atoms with Crippen LogP contribution in [0, 0.1) is 0 Å². The van der Waals surface area contributed by atoms with E-state index >= 15 is 0 Å². The fraction of sp³-hybridized carbons (Fsp3) is 0.630. The van der Waals surface area contributed by atoms with Crippen LogP contribution in [0.4, 0.5) is 17.6 Å². The predicted molar refractivity (Wildman–Crippen MR) is 149 cm³/mol. The zero-order chi connectivity index (χ0) is 25.7. The largest absolute Gasteiger partial charge is 0.394 e. The number of anilines is 3. The van der Waals surface area contributed by atoms with E-state index in [2.05, 4.69) is 54.6 Å². The van der Waals surface area contributed by atoms with Crippen LogP contribution < -0.4 is 21.3 Å². The second-order valence-electron chi connectivity index (χ2n) is 9.89. The van der Waals surface area contributed by atoms with Crippen LogP contribution in [0.2, 0.25) is 0 Å². The van der Waals surface area contributed by atoms with Crippen molar-refractivity contribution >= 4 is 17.6 Å². The standard InChI is InChI=1S/C27H44N8O2/c28-25-20-26(35-14-12-34(13-15-35)16-18-37-19-17-36)32-27(31-25)30-22-24-6-4-23(5-7-24)21-29-8-3-11-33-9-1-2-10-33/h4-7,20,29,36H,1-3,8-19,21-22H2,(H3,28,30,31,32). The van der Waals surface area contributed by atoms with E-state index in [0.717, 1.165) is 51.6 Å². The van der Waals surface area contributed by atoms with Crippen molar-refractivity contribution in [2.75, 3.05) is 94.7 Å². The fourth-order valence-corrected chi connectivity index (χ4v) is 4.88. The molecular formula is C27H44N8O2. The van der Waals surface area contributed by atoms with Gasteiger partial charge >= 0.3 is 0 Å². The number of aliphatic hydroxyl groups is 1. The van der Waals surface area contributed by atoms with Crippen molar-refractivity contribution in [3.05, 3.63) is 41.5 Å². The molecule has 0 aliphatic carbocycles. The molecule has 2 saturated heterocycles. The maximum Gasteiger partial charge on any atom is 0.226 e. The number of nitrogens with zero attached hydrogens (tertiary/aromatic N) is 5. The molecule has 10 nitrogen and oxygen atoms in total. The van der Waals surface area contributed by atoms with Crippen LogP contribution in [0.1, 0.15) is 30.4 Å². The van der Waals surface area contributed by atoms with E-state index < -0.39 is 0 Å². The third-order valence-electron chi connectivity index (χ3n) is 7.05. The van der Waals surface area contributed by atoms with Crippen molar-refractivity contribution < 1.29 is 9.84 Å². The van der Waals surface area contributed by atoms with E-state index in [-0.39, 0.29) is 6.61 Å². The summed E-state index contributed by atoms with van der Waals surface area (Å²) in [6, 6.07) is 10.5. The smallest absolute Gasteiger partial charge is 0.226 e. The Morgan fingerprint density at radius 1 is 0.865 bits per heavy atom. The Balaban J connectivity index is 1.17. The molecule has 0 radical (unpaired) electrons. The number of hydrogen-bond acceptors (Lipinski definition) is 10. The van der Waals surface area contributed by atoms with E-state index in [1.165, 1.54) is 50.0 Å². The van der Waals surface area contributed by atoms with Crippen LogP contribution in [-0.4, -0.2) is 104 Å². The van der Waals surface area contributed by atoms with E-state index in [1.54, 1.807) is 0 Å². The highest BCUT2D eigenvalue weighted by atomic mass is 16.5. The van der Waals surface area contributed by atoms with Crippen LogP contribution in [0.5, 0.6) is 0 Å². The highest BCUT2D eigenvalue weighted by Gasteiger charge is 2.19. The minimum atomic E-state index is 0.0706. The Morgan fingerprint density at radius 2 is 1.57 bits per heavy atom. The first-order valence-electron chi connectivity index (χ1n) is 13.7. The summed E-state index contributed by atoms with van der Waals surface area (Å²) in [6.45, 7) is 12.0. The molecule has 2 aliphatic heterocycles. The quantitative estimate of drug-likeness (QED) is 0.261. The monoisotopic (exact) mass is 512 g/mol. The Morgan fingerprint density at radius 3 is 2.30 bits per heavy atom. The molecule has 3 heterocycles. The summed E-state index contributed by atoms with van der Waals surface area (Å²) in [4.78, 5) is 16.3. The Labute approximate surface area is 221 Å². The maximum absolute atomic E-state index is 8.82. The van der Waals surface area contributed by atoms with Crippen molar-refractivity contribution in [1.29, 1.82) is 0 Å². The van der Waals surface area contributed by atoms with Gasteiger partial charge in [-0.3, -0.25) is 4.90 Å². The molecule has 2 fully saturated rings. The number of aliphatic hydroxyl groups excluding tert-OH is 1. The summed E-state index contributed by atoms with van der Waals surface area (Å²) < 4.78 is 5.39. The summed E-state index contributed by atoms with van der Waals surface area (Å²) in [5, 5.41) is 15.7. The number of aromatic nitrogens is 2. The number of nitrogen functional groups attached to an aromatic ring is 1. The molecule has 10 heteroatoms. The molecule has 0 bridgehead atoms. The normalized spacial score (nSPS) is 16.9. The van der Waals surface area contributed by atoms with Crippen LogP contribution in [0.25, 0.3) is 0 Å². The lowest BCUT2D eigenvalue weighted by Gasteiger charge is -2.35. The maximum atomic E-state index is 8.82. The molecule has 0 amide bonds. The molecule has 4 rings (SSSR count). The van der Waals surface area contributed by atoms with Crippen molar-refractivity contribution in [3.8, 4) is 0 Å². The van der Waals surface area contributed by atoms with Gasteiger partial charge in [0.25, 0.3) is 0 Å². The highest BCUT2D eigenvalue weighted by Crippen LogP contribution is 2.19. The van der Waals surface area contributed by atoms with Crippen LogP contribution >= 0.6 is 0 Å². The van der Waals surface area contributed by atoms with E-state index in [4.69, 9.17) is 20.6 Å². The zero-order valence-electron chi connectivity index (χ0n) is 22.1. The van der Waals surface area contributed by atoms with Gasteiger partial charge < -0.3 is 36.0 Å². The first-order chi connectivity index (χ1) is 18.2. The van der Waals surface area contributed by atoms with Gasteiger partial charge in [-0.05, 0) is 56.6 Å². The summed E-state index contributed by atoms with van der Waals surface area (Å²) in [5.74, 6) is 1.88. The molecule has 204 valence electrons. The Kier molecular flexibility index (Phi) is 11.2. The molecule has 1 aromatic carbocycles. The number of nitrogens with two attached hydrogens (primary N) is 1. The molecule has 37 heavy (non-hydrogen) atoms. The van der Waals surface area contributed by atoms with Gasteiger partial charge in [-0.15, -0.1) is 0 Å². The number of hydrogen-bond donors (Lipinski definition) is 4. The molecule has 0 unspecified atom stereocenters. The Hall–Kier alpha value is -2.50. The minimum absolute atomic E-state index is 0.0706. The van der Waals surface area contributed by atoms with Gasteiger partial charge in [0.15, 0.2) is 0 Å². The lowest BCUT2D eigenvalue weighted by atomic mass is 10.1. The van der Waals surface area contributed by atoms with Crippen molar-refractivity contribution in [2.45, 2.75) is 32.4 Å². The fourth-order valence-electron chi connectivity index (χ4n) is 4.88. The lowest BCUT2D eigenvalue weighted by Crippen LogP contribution is -2.47. The van der Waals surface area contributed by atoms with Crippen molar-refractivity contribution in [3.63, 3.8) is 0 Å². The van der Waals surface area contributed by atoms with Gasteiger partial charge in [-0.2, -0.15) is 9.97 Å². The summed E-state index contributed by atoms with van der Waals surface area (Å²) in [7, 11) is 0. The topological polar surface area (TPSA) is 115 Å². The zero-order valence-corrected chi connectivity index (χ0v) is 22.1. The van der Waals surface area contributed by atoms with Gasteiger partial charge in [-0.25, -0.2) is 0 Å². The lowest BCUT2D eigenvalue weighted by molar-refractivity contribution is 0.0724. The van der Waals surface area contributed by atoms with Gasteiger partial charge in [0, 0.05) is 51.9 Å². The molecule has 2 aliphatic rings. The highest BCUT2D eigenvalue weighted by molar-refractivity contribution is 5.52. The number of piperazine rings is 1. The number of rotatable bonds is 15. The van der Waals surface area contributed by atoms with Crippen LogP contribution in [0.3, 0.4) is 0 Å². The number of ether oxygens (including phenoxy) is 1. The SMILES string of the molecule is Nc1cc(N2CCN(CCOCCO)CC2)nc(NCc2ccc(CNCCCN3CCCC3)cc2)n1. The summed E-state index contributed by atoms with van der Waals surface area (Å²) >= 11 is 0. The van der Waals surface area contributed by atoms with Gasteiger partial charge in [-0.1, -0.05) is 24.3 Å². The van der Waals surface area contributed by atoms with E-state index in [0.29, 0.717) is 31.5 Å². The number of likely N-dealkylation sites (tertiary alicyclic amines) is 1.